The molecule has 152 valence electrons. The molecule has 6 heteroatoms. The maximum absolute atomic E-state index is 13.4. The molecule has 2 aromatic carbocycles. The van der Waals surface area contributed by atoms with Crippen LogP contribution in [0, 0.1) is 6.92 Å². The standard InChI is InChI=1S/C22H30N2O3S/c1-7-24(8-2)21(25)18-14-16(3)15-19(27-6)20(18)28(26)23-22(4,5)17-12-10-9-11-13-17/h9-15,23H,7-8H2,1-6H3. The number of rotatable bonds is 8. The number of aryl methyl sites for hydroxylation is 1. The number of hydrogen-bond acceptors (Lipinski definition) is 3. The van der Waals surface area contributed by atoms with Crippen LogP contribution in [0.2, 0.25) is 0 Å². The highest BCUT2D eigenvalue weighted by Gasteiger charge is 2.29. The summed E-state index contributed by atoms with van der Waals surface area (Å²) in [5, 5.41) is 0. The van der Waals surface area contributed by atoms with Crippen LogP contribution in [0.3, 0.4) is 0 Å². The van der Waals surface area contributed by atoms with Gasteiger partial charge in [0.2, 0.25) is 0 Å². The van der Waals surface area contributed by atoms with Crippen LogP contribution < -0.4 is 9.46 Å². The average Bonchev–Trinajstić information content (AvgIpc) is 2.68. The van der Waals surface area contributed by atoms with Gasteiger partial charge in [-0.2, -0.15) is 0 Å². The van der Waals surface area contributed by atoms with Crippen molar-refractivity contribution in [3.8, 4) is 5.75 Å². The highest BCUT2D eigenvalue weighted by molar-refractivity contribution is 7.83. The van der Waals surface area contributed by atoms with Crippen molar-refractivity contribution in [3.05, 3.63) is 59.2 Å². The third-order valence-electron chi connectivity index (χ3n) is 4.73. The van der Waals surface area contributed by atoms with Gasteiger partial charge in [-0.25, -0.2) is 8.93 Å². The predicted octanol–water partition coefficient (Wildman–Crippen LogP) is 4.03. The molecule has 0 heterocycles. The zero-order valence-corrected chi connectivity index (χ0v) is 18.4. The lowest BCUT2D eigenvalue weighted by molar-refractivity contribution is 0.0768. The molecule has 0 aliphatic carbocycles. The number of ether oxygens (including phenoxy) is 1. The highest BCUT2D eigenvalue weighted by atomic mass is 32.2. The molecule has 0 aliphatic rings. The summed E-state index contributed by atoms with van der Waals surface area (Å²) in [4.78, 5) is 15.2. The molecular weight excluding hydrogens is 372 g/mol. The quantitative estimate of drug-likeness (QED) is 0.725. The monoisotopic (exact) mass is 402 g/mol. The van der Waals surface area contributed by atoms with E-state index < -0.39 is 16.5 Å². The number of nitrogens with one attached hydrogen (secondary N) is 1. The van der Waals surface area contributed by atoms with Crippen LogP contribution in [0.1, 0.15) is 49.2 Å². The van der Waals surface area contributed by atoms with E-state index in [4.69, 9.17) is 4.74 Å². The number of amides is 1. The van der Waals surface area contributed by atoms with E-state index in [1.807, 2.05) is 71.0 Å². The van der Waals surface area contributed by atoms with Crippen molar-refractivity contribution in [1.82, 2.24) is 9.62 Å². The Kier molecular flexibility index (Phi) is 7.38. The van der Waals surface area contributed by atoms with E-state index in [1.54, 1.807) is 11.0 Å². The second-order valence-corrected chi connectivity index (χ2v) is 8.33. The summed E-state index contributed by atoms with van der Waals surface area (Å²) < 4.78 is 22.1. The Bertz CT molecular complexity index is 846. The second-order valence-electron chi connectivity index (χ2n) is 7.18. The summed E-state index contributed by atoms with van der Waals surface area (Å²) in [7, 11) is -0.117. The summed E-state index contributed by atoms with van der Waals surface area (Å²) >= 11 is 0. The second kappa shape index (κ2) is 9.34. The highest BCUT2D eigenvalue weighted by Crippen LogP contribution is 2.31. The molecule has 1 unspecified atom stereocenters. The van der Waals surface area contributed by atoms with Crippen molar-refractivity contribution < 1.29 is 13.7 Å². The first-order valence-electron chi connectivity index (χ1n) is 9.48. The molecule has 0 radical (unpaired) electrons. The first-order chi connectivity index (χ1) is 13.2. The summed E-state index contributed by atoms with van der Waals surface area (Å²) in [6, 6.07) is 13.4. The van der Waals surface area contributed by atoms with Crippen molar-refractivity contribution in [3.63, 3.8) is 0 Å². The summed E-state index contributed by atoms with van der Waals surface area (Å²) in [5.74, 6) is 0.305. The summed E-state index contributed by atoms with van der Waals surface area (Å²) in [5.41, 5.74) is 1.74. The fourth-order valence-electron chi connectivity index (χ4n) is 3.12. The maximum atomic E-state index is 13.4. The van der Waals surface area contributed by atoms with Gasteiger partial charge < -0.3 is 9.64 Å². The van der Waals surface area contributed by atoms with Crippen LogP contribution in [0.4, 0.5) is 0 Å². The Hall–Kier alpha value is -2.18. The van der Waals surface area contributed by atoms with Gasteiger partial charge in [0.05, 0.1) is 18.2 Å². The van der Waals surface area contributed by atoms with Crippen molar-refractivity contribution in [2.24, 2.45) is 0 Å². The SMILES string of the molecule is CCN(CC)C(=O)c1cc(C)cc(OC)c1S(=O)NC(C)(C)c1ccccc1. The fraction of sp³-hybridized carbons (Fsp3) is 0.409. The fourth-order valence-corrected chi connectivity index (χ4v) is 4.47. The number of carbonyl (C=O) groups is 1. The van der Waals surface area contributed by atoms with Crippen LogP contribution >= 0.6 is 0 Å². The molecule has 1 amide bonds. The third kappa shape index (κ3) is 4.80. The van der Waals surface area contributed by atoms with E-state index in [-0.39, 0.29) is 5.91 Å². The van der Waals surface area contributed by atoms with Gasteiger partial charge in [-0.1, -0.05) is 30.3 Å². The molecule has 2 aromatic rings. The number of benzene rings is 2. The zero-order valence-electron chi connectivity index (χ0n) is 17.5. The number of hydrogen-bond donors (Lipinski definition) is 1. The Morgan fingerprint density at radius 2 is 1.75 bits per heavy atom. The zero-order chi connectivity index (χ0) is 20.9. The first-order valence-corrected chi connectivity index (χ1v) is 10.6. The minimum absolute atomic E-state index is 0.144. The van der Waals surface area contributed by atoms with Gasteiger partial charge in [-0.3, -0.25) is 4.79 Å². The van der Waals surface area contributed by atoms with Gasteiger partial charge in [0.1, 0.15) is 21.6 Å². The van der Waals surface area contributed by atoms with Crippen LogP contribution in [0.15, 0.2) is 47.4 Å². The lowest BCUT2D eigenvalue weighted by Crippen LogP contribution is -2.39. The number of carbonyl (C=O) groups excluding carboxylic acids is 1. The van der Waals surface area contributed by atoms with E-state index in [9.17, 15) is 9.00 Å². The molecule has 1 N–H and O–H groups in total. The number of methoxy groups -OCH3 is 1. The van der Waals surface area contributed by atoms with Gasteiger partial charge in [0.25, 0.3) is 5.91 Å². The lowest BCUT2D eigenvalue weighted by atomic mass is 9.96. The van der Waals surface area contributed by atoms with E-state index in [2.05, 4.69) is 4.72 Å². The van der Waals surface area contributed by atoms with Crippen LogP contribution in [-0.4, -0.2) is 35.2 Å². The predicted molar refractivity (Wildman–Crippen MR) is 114 cm³/mol. The molecule has 0 aromatic heterocycles. The average molecular weight is 403 g/mol. The summed E-state index contributed by atoms with van der Waals surface area (Å²) in [6.07, 6.45) is 0. The van der Waals surface area contributed by atoms with E-state index in [0.717, 1.165) is 11.1 Å². The van der Waals surface area contributed by atoms with Crippen molar-refractivity contribution in [2.75, 3.05) is 20.2 Å². The molecule has 0 saturated carbocycles. The van der Waals surface area contributed by atoms with Crippen LogP contribution in [-0.2, 0) is 16.5 Å². The van der Waals surface area contributed by atoms with Gasteiger partial charge in [-0.15, -0.1) is 0 Å². The van der Waals surface area contributed by atoms with Crippen LogP contribution in [0.25, 0.3) is 0 Å². The molecule has 5 nitrogen and oxygen atoms in total. The van der Waals surface area contributed by atoms with Gasteiger partial charge in [-0.05, 0) is 57.9 Å². The Morgan fingerprint density at radius 1 is 1.14 bits per heavy atom. The largest absolute Gasteiger partial charge is 0.495 e. The smallest absolute Gasteiger partial charge is 0.255 e. The molecule has 0 aliphatic heterocycles. The lowest BCUT2D eigenvalue weighted by Gasteiger charge is -2.28. The summed E-state index contributed by atoms with van der Waals surface area (Å²) in [6.45, 7) is 10.9. The molecule has 0 bridgehead atoms. The maximum Gasteiger partial charge on any atom is 0.255 e. The van der Waals surface area contributed by atoms with Crippen LogP contribution in [0.5, 0.6) is 5.75 Å². The van der Waals surface area contributed by atoms with Gasteiger partial charge in [0, 0.05) is 13.1 Å². The number of nitrogens with zero attached hydrogens (tertiary/aromatic N) is 1. The van der Waals surface area contributed by atoms with E-state index in [1.165, 1.54) is 7.11 Å². The van der Waals surface area contributed by atoms with Gasteiger partial charge >= 0.3 is 0 Å². The van der Waals surface area contributed by atoms with E-state index >= 15 is 0 Å². The molecule has 28 heavy (non-hydrogen) atoms. The van der Waals surface area contributed by atoms with Gasteiger partial charge in [0.15, 0.2) is 0 Å². The minimum Gasteiger partial charge on any atom is -0.495 e. The molecule has 0 saturated heterocycles. The Balaban J connectivity index is 2.51. The molecular formula is C22H30N2O3S. The third-order valence-corrected chi connectivity index (χ3v) is 6.22. The Labute approximate surface area is 170 Å². The van der Waals surface area contributed by atoms with Crippen molar-refractivity contribution >= 4 is 16.9 Å². The topological polar surface area (TPSA) is 58.6 Å². The molecule has 1 atom stereocenters. The van der Waals surface area contributed by atoms with Crippen molar-refractivity contribution in [1.29, 1.82) is 0 Å². The van der Waals surface area contributed by atoms with E-state index in [0.29, 0.717) is 29.3 Å². The normalized spacial score (nSPS) is 12.5. The first kappa shape index (κ1) is 22.1. The molecule has 2 rings (SSSR count). The molecule has 0 fully saturated rings. The molecule has 0 spiro atoms. The minimum atomic E-state index is -1.65. The van der Waals surface area contributed by atoms with Crippen molar-refractivity contribution in [2.45, 2.75) is 45.1 Å². The Morgan fingerprint density at radius 3 is 2.29 bits per heavy atom.